The first-order chi connectivity index (χ1) is 8.29. The SMILES string of the molecule is CO[n+]1c2ccccc2nc2ccc(O)cc21. The molecule has 1 N–H and O–H groups in total. The summed E-state index contributed by atoms with van der Waals surface area (Å²) < 4.78 is 1.66. The number of phenolic OH excluding ortho intramolecular Hbond substituents is 1. The summed E-state index contributed by atoms with van der Waals surface area (Å²) in [5.74, 6) is 0.195. The van der Waals surface area contributed by atoms with Crippen molar-refractivity contribution < 1.29 is 14.7 Å². The fraction of sp³-hybridized carbons (Fsp3) is 0.0769. The van der Waals surface area contributed by atoms with Gasteiger partial charge in [0.2, 0.25) is 0 Å². The predicted molar refractivity (Wildman–Crippen MR) is 63.6 cm³/mol. The van der Waals surface area contributed by atoms with Gasteiger partial charge in [-0.15, -0.1) is 0 Å². The lowest BCUT2D eigenvalue weighted by atomic mass is 10.2. The Kier molecular flexibility index (Phi) is 2.08. The van der Waals surface area contributed by atoms with Crippen LogP contribution in [0.4, 0.5) is 0 Å². The lowest BCUT2D eigenvalue weighted by molar-refractivity contribution is -0.844. The number of hydrogen-bond donors (Lipinski definition) is 1. The fourth-order valence-electron chi connectivity index (χ4n) is 1.96. The molecule has 3 rings (SSSR count). The van der Waals surface area contributed by atoms with Gasteiger partial charge in [-0.3, -0.25) is 4.84 Å². The number of para-hydroxylation sites is 2. The van der Waals surface area contributed by atoms with Crippen LogP contribution in [-0.4, -0.2) is 17.2 Å². The third-order valence-corrected chi connectivity index (χ3v) is 2.70. The molecule has 0 spiro atoms. The summed E-state index contributed by atoms with van der Waals surface area (Å²) >= 11 is 0. The molecule has 1 heterocycles. The molecule has 0 amide bonds. The summed E-state index contributed by atoms with van der Waals surface area (Å²) in [5.41, 5.74) is 3.25. The molecule has 0 radical (unpaired) electrons. The zero-order chi connectivity index (χ0) is 11.8. The molecule has 1 aromatic heterocycles. The minimum Gasteiger partial charge on any atom is -0.508 e. The fourth-order valence-corrected chi connectivity index (χ4v) is 1.96. The Hall–Kier alpha value is -2.36. The molecule has 0 aliphatic carbocycles. The van der Waals surface area contributed by atoms with Crippen LogP contribution in [0.1, 0.15) is 0 Å². The first kappa shape index (κ1) is 9.84. The number of aromatic nitrogens is 2. The Morgan fingerprint density at radius 2 is 1.82 bits per heavy atom. The molecule has 0 saturated heterocycles. The Labute approximate surface area is 97.7 Å². The van der Waals surface area contributed by atoms with Gasteiger partial charge in [0.15, 0.2) is 0 Å². The van der Waals surface area contributed by atoms with Crippen LogP contribution in [0, 0.1) is 0 Å². The number of fused-ring (bicyclic) bond motifs is 2. The highest BCUT2D eigenvalue weighted by Crippen LogP contribution is 2.18. The van der Waals surface area contributed by atoms with E-state index in [1.807, 2.05) is 24.3 Å². The number of rotatable bonds is 1. The van der Waals surface area contributed by atoms with Crippen LogP contribution in [-0.2, 0) is 0 Å². The molecule has 4 heteroatoms. The van der Waals surface area contributed by atoms with Gasteiger partial charge in [0.05, 0.1) is 6.07 Å². The Morgan fingerprint density at radius 1 is 1.06 bits per heavy atom. The highest BCUT2D eigenvalue weighted by molar-refractivity contribution is 5.81. The van der Waals surface area contributed by atoms with Crippen LogP contribution in [0.3, 0.4) is 0 Å². The molecule has 0 aliphatic rings. The number of hydrogen-bond acceptors (Lipinski definition) is 3. The van der Waals surface area contributed by atoms with Gasteiger partial charge < -0.3 is 5.11 Å². The molecule has 17 heavy (non-hydrogen) atoms. The maximum absolute atomic E-state index is 9.53. The zero-order valence-corrected chi connectivity index (χ0v) is 9.29. The van der Waals surface area contributed by atoms with Gasteiger partial charge in [0.1, 0.15) is 23.9 Å². The highest BCUT2D eigenvalue weighted by Gasteiger charge is 2.17. The summed E-state index contributed by atoms with van der Waals surface area (Å²) in [6, 6.07) is 12.7. The number of phenols is 1. The van der Waals surface area contributed by atoms with E-state index in [-0.39, 0.29) is 5.75 Å². The first-order valence-corrected chi connectivity index (χ1v) is 5.27. The van der Waals surface area contributed by atoms with E-state index in [1.165, 1.54) is 0 Å². The van der Waals surface area contributed by atoms with Crippen molar-refractivity contribution in [3.8, 4) is 5.75 Å². The van der Waals surface area contributed by atoms with Gasteiger partial charge in [-0.05, 0) is 18.2 Å². The third kappa shape index (κ3) is 1.45. The molecule has 0 aliphatic heterocycles. The van der Waals surface area contributed by atoms with Crippen molar-refractivity contribution >= 4 is 22.1 Å². The van der Waals surface area contributed by atoms with Crippen LogP contribution in [0.2, 0.25) is 0 Å². The number of nitrogens with zero attached hydrogens (tertiary/aromatic N) is 2. The largest absolute Gasteiger partial charge is 0.508 e. The summed E-state index contributed by atoms with van der Waals surface area (Å²) in [5, 5.41) is 9.53. The maximum atomic E-state index is 9.53. The van der Waals surface area contributed by atoms with Crippen molar-refractivity contribution in [2.75, 3.05) is 7.11 Å². The normalized spacial score (nSPS) is 10.9. The second-order valence-corrected chi connectivity index (χ2v) is 3.75. The minimum atomic E-state index is 0.195. The first-order valence-electron chi connectivity index (χ1n) is 5.27. The van der Waals surface area contributed by atoms with Crippen LogP contribution in [0.15, 0.2) is 42.5 Å². The molecule has 4 nitrogen and oxygen atoms in total. The average molecular weight is 227 g/mol. The third-order valence-electron chi connectivity index (χ3n) is 2.70. The van der Waals surface area contributed by atoms with Gasteiger partial charge in [-0.25, -0.2) is 4.98 Å². The summed E-state index contributed by atoms with van der Waals surface area (Å²) in [4.78, 5) is 9.88. The van der Waals surface area contributed by atoms with E-state index in [4.69, 9.17) is 4.84 Å². The van der Waals surface area contributed by atoms with E-state index in [2.05, 4.69) is 4.98 Å². The van der Waals surface area contributed by atoms with E-state index in [1.54, 1.807) is 30.0 Å². The predicted octanol–water partition coefficient (Wildman–Crippen LogP) is 1.44. The van der Waals surface area contributed by atoms with Gasteiger partial charge in [-0.1, -0.05) is 12.1 Å². The summed E-state index contributed by atoms with van der Waals surface area (Å²) in [7, 11) is 1.59. The molecule has 0 saturated carbocycles. The number of aromatic hydroxyl groups is 1. The lowest BCUT2D eigenvalue weighted by Gasteiger charge is -2.01. The van der Waals surface area contributed by atoms with Crippen molar-refractivity contribution in [2.45, 2.75) is 0 Å². The Morgan fingerprint density at radius 3 is 2.65 bits per heavy atom. The van der Waals surface area contributed by atoms with Crippen molar-refractivity contribution in [3.05, 3.63) is 42.5 Å². The average Bonchev–Trinajstić information content (AvgIpc) is 2.36. The molecule has 84 valence electrons. The maximum Gasteiger partial charge on any atom is 0.287 e. The molecule has 0 bridgehead atoms. The standard InChI is InChI=1S/C13H10N2O2/c1-17-15-12-5-3-2-4-10(12)14-11-7-6-9(16)8-13(11)15/h2-8H,1H3/p+1. The molecule has 0 unspecified atom stereocenters. The van der Waals surface area contributed by atoms with Crippen LogP contribution in [0.5, 0.6) is 5.75 Å². The number of benzene rings is 2. The topological polar surface area (TPSA) is 46.2 Å². The Bertz CT molecular complexity index is 710. The van der Waals surface area contributed by atoms with E-state index in [9.17, 15) is 5.11 Å². The molecule has 2 aromatic carbocycles. The van der Waals surface area contributed by atoms with Crippen LogP contribution in [0.25, 0.3) is 22.1 Å². The molecule has 3 aromatic rings. The van der Waals surface area contributed by atoms with Crippen molar-refractivity contribution in [3.63, 3.8) is 0 Å². The van der Waals surface area contributed by atoms with E-state index in [0.717, 1.165) is 22.1 Å². The second-order valence-electron chi connectivity index (χ2n) is 3.75. The Balaban J connectivity index is 2.54. The van der Waals surface area contributed by atoms with E-state index < -0.39 is 0 Å². The van der Waals surface area contributed by atoms with Gasteiger partial charge in [0.25, 0.3) is 11.0 Å². The van der Waals surface area contributed by atoms with Crippen LogP contribution < -0.4 is 9.57 Å². The highest BCUT2D eigenvalue weighted by atomic mass is 16.6. The van der Waals surface area contributed by atoms with Crippen molar-refractivity contribution in [2.24, 2.45) is 0 Å². The molecule has 0 fully saturated rings. The zero-order valence-electron chi connectivity index (χ0n) is 9.29. The quantitative estimate of drug-likeness (QED) is 0.505. The summed E-state index contributed by atoms with van der Waals surface area (Å²) in [6.07, 6.45) is 0. The van der Waals surface area contributed by atoms with Gasteiger partial charge in [0, 0.05) is 10.8 Å². The lowest BCUT2D eigenvalue weighted by Crippen LogP contribution is -2.42. The van der Waals surface area contributed by atoms with Crippen LogP contribution >= 0.6 is 0 Å². The molecule has 0 atom stereocenters. The van der Waals surface area contributed by atoms with Crippen molar-refractivity contribution in [1.29, 1.82) is 0 Å². The summed E-state index contributed by atoms with van der Waals surface area (Å²) in [6.45, 7) is 0. The minimum absolute atomic E-state index is 0.195. The molecular weight excluding hydrogens is 216 g/mol. The van der Waals surface area contributed by atoms with E-state index in [0.29, 0.717) is 0 Å². The smallest absolute Gasteiger partial charge is 0.287 e. The van der Waals surface area contributed by atoms with Crippen molar-refractivity contribution in [1.82, 2.24) is 4.98 Å². The van der Waals surface area contributed by atoms with Gasteiger partial charge >= 0.3 is 0 Å². The van der Waals surface area contributed by atoms with E-state index >= 15 is 0 Å². The molecular formula is C13H11N2O2+. The van der Waals surface area contributed by atoms with Gasteiger partial charge in [-0.2, -0.15) is 0 Å². The monoisotopic (exact) mass is 227 g/mol. The second kappa shape index (κ2) is 3.59.